The van der Waals surface area contributed by atoms with E-state index in [0.29, 0.717) is 17.2 Å². The van der Waals surface area contributed by atoms with Crippen molar-refractivity contribution in [2.45, 2.75) is 19.8 Å². The number of benzene rings is 3. The molecule has 0 spiro atoms. The number of nitrogens with one attached hydrogen (secondary N) is 2. The van der Waals surface area contributed by atoms with Crippen LogP contribution in [0, 0.1) is 0 Å². The van der Waals surface area contributed by atoms with E-state index in [1.165, 1.54) is 30.0 Å². The third kappa shape index (κ3) is 5.77. The molecule has 1 amide bonds. The first kappa shape index (κ1) is 22.2. The summed E-state index contributed by atoms with van der Waals surface area (Å²) in [5.74, 6) is 0.560. The van der Waals surface area contributed by atoms with Gasteiger partial charge in [0.25, 0.3) is 5.91 Å². The van der Waals surface area contributed by atoms with Crippen molar-refractivity contribution < 1.29 is 14.6 Å². The van der Waals surface area contributed by atoms with Crippen molar-refractivity contribution in [2.24, 2.45) is 5.10 Å². The van der Waals surface area contributed by atoms with E-state index in [-0.39, 0.29) is 16.3 Å². The Bertz CT molecular complexity index is 1100. The summed E-state index contributed by atoms with van der Waals surface area (Å²) in [4.78, 5) is 12.2. The summed E-state index contributed by atoms with van der Waals surface area (Å²) in [6.07, 6.45) is 1.50. The number of carbonyl (C=O) groups is 1. The third-order valence-electron chi connectivity index (χ3n) is 4.68. The summed E-state index contributed by atoms with van der Waals surface area (Å²) in [5.41, 5.74) is 6.55. The lowest BCUT2D eigenvalue weighted by molar-refractivity contribution is 0.0955. The van der Waals surface area contributed by atoms with Gasteiger partial charge in [0, 0.05) is 28.6 Å². The highest BCUT2D eigenvalue weighted by Gasteiger charge is 2.08. The second kappa shape index (κ2) is 10.00. The van der Waals surface area contributed by atoms with E-state index < -0.39 is 5.91 Å². The van der Waals surface area contributed by atoms with Crippen LogP contribution in [0.4, 0.5) is 11.4 Å². The molecule has 6 nitrogen and oxygen atoms in total. The van der Waals surface area contributed by atoms with Crippen molar-refractivity contribution >= 4 is 35.1 Å². The van der Waals surface area contributed by atoms with Gasteiger partial charge in [-0.05, 0) is 53.9 Å². The fourth-order valence-corrected chi connectivity index (χ4v) is 3.07. The molecule has 31 heavy (non-hydrogen) atoms. The first-order chi connectivity index (χ1) is 14.9. The molecule has 0 fully saturated rings. The Morgan fingerprint density at radius 2 is 1.77 bits per heavy atom. The second-order valence-electron chi connectivity index (χ2n) is 7.22. The van der Waals surface area contributed by atoms with Gasteiger partial charge in [-0.3, -0.25) is 4.79 Å². The second-order valence-corrected chi connectivity index (χ2v) is 7.63. The van der Waals surface area contributed by atoms with Gasteiger partial charge in [-0.25, -0.2) is 5.43 Å². The number of nitrogens with zero attached hydrogens (tertiary/aromatic N) is 1. The highest BCUT2D eigenvalue weighted by atomic mass is 35.5. The fourth-order valence-electron chi connectivity index (χ4n) is 2.89. The van der Waals surface area contributed by atoms with Crippen molar-refractivity contribution in [1.29, 1.82) is 0 Å². The number of hydrazone groups is 1. The van der Waals surface area contributed by atoms with E-state index in [1.54, 1.807) is 7.11 Å². The molecule has 3 aromatic rings. The summed E-state index contributed by atoms with van der Waals surface area (Å²) >= 11 is 5.83. The summed E-state index contributed by atoms with van der Waals surface area (Å²) in [6, 6.07) is 18.1. The van der Waals surface area contributed by atoms with Crippen LogP contribution in [0.2, 0.25) is 5.02 Å². The normalized spacial score (nSPS) is 11.0. The van der Waals surface area contributed by atoms with E-state index in [1.807, 2.05) is 30.3 Å². The summed E-state index contributed by atoms with van der Waals surface area (Å²) in [6.45, 7) is 4.33. The molecule has 160 valence electrons. The topological polar surface area (TPSA) is 83.0 Å². The zero-order valence-corrected chi connectivity index (χ0v) is 18.3. The van der Waals surface area contributed by atoms with Crippen molar-refractivity contribution in [1.82, 2.24) is 5.43 Å². The number of phenolic OH excluding ortho intramolecular Hbond substituents is 1. The lowest BCUT2D eigenvalue weighted by Crippen LogP contribution is -2.17. The maximum Gasteiger partial charge on any atom is 0.271 e. The van der Waals surface area contributed by atoms with Crippen LogP contribution in [0.1, 0.15) is 41.3 Å². The predicted molar refractivity (Wildman–Crippen MR) is 125 cm³/mol. The molecular weight excluding hydrogens is 414 g/mol. The number of methoxy groups -OCH3 is 1. The largest absolute Gasteiger partial charge is 0.506 e. The number of carbonyl (C=O) groups excluding carboxylic acids is 1. The molecule has 0 saturated carbocycles. The lowest BCUT2D eigenvalue weighted by atomic mass is 10.0. The number of halogens is 1. The van der Waals surface area contributed by atoms with Crippen LogP contribution in [-0.4, -0.2) is 24.3 Å². The average molecular weight is 438 g/mol. The Morgan fingerprint density at radius 3 is 2.42 bits per heavy atom. The van der Waals surface area contributed by atoms with Gasteiger partial charge in [-0.15, -0.1) is 0 Å². The molecule has 0 saturated heterocycles. The highest BCUT2D eigenvalue weighted by molar-refractivity contribution is 6.32. The van der Waals surface area contributed by atoms with Gasteiger partial charge in [0.05, 0.1) is 18.3 Å². The van der Waals surface area contributed by atoms with E-state index in [9.17, 15) is 9.90 Å². The number of hydrogen-bond donors (Lipinski definition) is 3. The standard InChI is InChI=1S/C24H24ClN3O3/c1-15(2)16-4-8-19(9-5-16)27-20-10-6-18(23(13-20)31-3)14-26-28-24(30)17-7-11-22(29)21(25)12-17/h4-15,27,29H,1-3H3,(H,28,30)/b26-14+. The number of hydrogen-bond acceptors (Lipinski definition) is 5. The highest BCUT2D eigenvalue weighted by Crippen LogP contribution is 2.26. The molecule has 0 aliphatic rings. The Balaban J connectivity index is 1.67. The molecule has 0 aromatic heterocycles. The predicted octanol–water partition coefficient (Wildman–Crippen LogP) is 5.69. The SMILES string of the molecule is COc1cc(Nc2ccc(C(C)C)cc2)ccc1/C=N/NC(=O)c1ccc(O)c(Cl)c1. The van der Waals surface area contributed by atoms with E-state index in [0.717, 1.165) is 11.4 Å². The molecule has 7 heteroatoms. The quantitative estimate of drug-likeness (QED) is 0.327. The zero-order valence-electron chi connectivity index (χ0n) is 17.5. The van der Waals surface area contributed by atoms with Crippen LogP contribution in [0.25, 0.3) is 0 Å². The maximum absolute atomic E-state index is 12.2. The van der Waals surface area contributed by atoms with Crippen LogP contribution in [-0.2, 0) is 0 Å². The van der Waals surface area contributed by atoms with Crippen LogP contribution < -0.4 is 15.5 Å². The molecule has 3 rings (SSSR count). The van der Waals surface area contributed by atoms with E-state index in [4.69, 9.17) is 16.3 Å². The molecule has 3 N–H and O–H groups in total. The van der Waals surface area contributed by atoms with Gasteiger partial charge >= 0.3 is 0 Å². The van der Waals surface area contributed by atoms with Crippen LogP contribution in [0.5, 0.6) is 11.5 Å². The fraction of sp³-hybridized carbons (Fsp3) is 0.167. The number of phenols is 1. The van der Waals surface area contributed by atoms with Crippen LogP contribution >= 0.6 is 11.6 Å². The average Bonchev–Trinajstić information content (AvgIpc) is 2.76. The van der Waals surface area contributed by atoms with Crippen molar-refractivity contribution in [3.05, 3.63) is 82.4 Å². The maximum atomic E-state index is 12.2. The number of amides is 1. The number of ether oxygens (including phenoxy) is 1. The van der Waals surface area contributed by atoms with Crippen molar-refractivity contribution in [3.8, 4) is 11.5 Å². The van der Waals surface area contributed by atoms with Crippen molar-refractivity contribution in [2.75, 3.05) is 12.4 Å². The smallest absolute Gasteiger partial charge is 0.271 e. The first-order valence-corrected chi connectivity index (χ1v) is 10.1. The molecule has 0 radical (unpaired) electrons. The van der Waals surface area contributed by atoms with Gasteiger partial charge in [-0.1, -0.05) is 37.6 Å². The van der Waals surface area contributed by atoms with Crippen molar-refractivity contribution in [3.63, 3.8) is 0 Å². The molecular formula is C24H24ClN3O3. The van der Waals surface area contributed by atoms with Crippen LogP contribution in [0.15, 0.2) is 65.8 Å². The number of aromatic hydroxyl groups is 1. The molecule has 3 aromatic carbocycles. The minimum Gasteiger partial charge on any atom is -0.506 e. The minimum absolute atomic E-state index is 0.0870. The van der Waals surface area contributed by atoms with Gasteiger partial charge in [0.2, 0.25) is 0 Å². The Kier molecular flexibility index (Phi) is 7.15. The Hall–Kier alpha value is -3.51. The van der Waals surface area contributed by atoms with Gasteiger partial charge in [0.15, 0.2) is 0 Å². The molecule has 0 aliphatic heterocycles. The number of anilines is 2. The monoisotopic (exact) mass is 437 g/mol. The molecule has 0 bridgehead atoms. The third-order valence-corrected chi connectivity index (χ3v) is 4.98. The summed E-state index contributed by atoms with van der Waals surface area (Å²) < 4.78 is 5.46. The van der Waals surface area contributed by atoms with E-state index >= 15 is 0 Å². The van der Waals surface area contributed by atoms with Gasteiger partial charge in [0.1, 0.15) is 11.5 Å². The zero-order chi connectivity index (χ0) is 22.4. The van der Waals surface area contributed by atoms with Gasteiger partial charge < -0.3 is 15.2 Å². The summed E-state index contributed by atoms with van der Waals surface area (Å²) in [5, 5.41) is 16.9. The Labute approximate surface area is 186 Å². The molecule has 0 unspecified atom stereocenters. The minimum atomic E-state index is -0.444. The van der Waals surface area contributed by atoms with Crippen LogP contribution in [0.3, 0.4) is 0 Å². The molecule has 0 aliphatic carbocycles. The molecule has 0 atom stereocenters. The van der Waals surface area contributed by atoms with Gasteiger partial charge in [-0.2, -0.15) is 5.10 Å². The van der Waals surface area contributed by atoms with E-state index in [2.05, 4.69) is 41.8 Å². The first-order valence-electron chi connectivity index (χ1n) is 9.74. The Morgan fingerprint density at radius 1 is 1.06 bits per heavy atom. The summed E-state index contributed by atoms with van der Waals surface area (Å²) in [7, 11) is 1.57. The lowest BCUT2D eigenvalue weighted by Gasteiger charge is -2.11. The number of rotatable bonds is 7. The molecule has 0 heterocycles.